The molecule has 4 aromatic rings. The predicted octanol–water partition coefficient (Wildman–Crippen LogP) is 4.86. The van der Waals surface area contributed by atoms with Gasteiger partial charge in [0.15, 0.2) is 0 Å². The second kappa shape index (κ2) is 9.18. The fraction of sp³-hybridized carbons (Fsp3) is 0.207. The molecule has 1 saturated heterocycles. The van der Waals surface area contributed by atoms with Crippen molar-refractivity contribution in [3.05, 3.63) is 131 Å². The van der Waals surface area contributed by atoms with Gasteiger partial charge in [-0.3, -0.25) is 9.58 Å². The molecular formula is C29H29N3O. The molecule has 4 heteroatoms. The van der Waals surface area contributed by atoms with Crippen LogP contribution in [0.3, 0.4) is 0 Å². The van der Waals surface area contributed by atoms with E-state index in [-0.39, 0.29) is 0 Å². The first kappa shape index (κ1) is 21.4. The molecule has 33 heavy (non-hydrogen) atoms. The van der Waals surface area contributed by atoms with Gasteiger partial charge in [-0.2, -0.15) is 5.10 Å². The summed E-state index contributed by atoms with van der Waals surface area (Å²) in [6.45, 7) is 1.43. The summed E-state index contributed by atoms with van der Waals surface area (Å²) in [6.07, 6.45) is 4.18. The first-order valence-corrected chi connectivity index (χ1v) is 11.5. The minimum atomic E-state index is -0.479. The highest BCUT2D eigenvalue weighted by molar-refractivity contribution is 5.53. The van der Waals surface area contributed by atoms with Gasteiger partial charge in [0.05, 0.1) is 17.3 Å². The van der Waals surface area contributed by atoms with E-state index in [2.05, 4.69) is 101 Å². The van der Waals surface area contributed by atoms with Crippen LogP contribution >= 0.6 is 0 Å². The largest absolute Gasteiger partial charge is 0.389 e. The topological polar surface area (TPSA) is 41.3 Å². The van der Waals surface area contributed by atoms with E-state index in [0.717, 1.165) is 17.8 Å². The number of aryl methyl sites for hydroxylation is 1. The fourth-order valence-corrected chi connectivity index (χ4v) is 5.08. The molecular weight excluding hydrogens is 406 g/mol. The van der Waals surface area contributed by atoms with Crippen molar-refractivity contribution in [3.63, 3.8) is 0 Å². The Morgan fingerprint density at radius 2 is 1.33 bits per heavy atom. The number of aliphatic hydroxyl groups excluding tert-OH is 1. The normalized spacial score (nSPS) is 18.5. The maximum atomic E-state index is 10.9. The van der Waals surface area contributed by atoms with Crippen molar-refractivity contribution in [1.29, 1.82) is 0 Å². The molecule has 1 unspecified atom stereocenters. The van der Waals surface area contributed by atoms with Crippen LogP contribution in [0.1, 0.15) is 28.8 Å². The number of likely N-dealkylation sites (tertiary alicyclic amines) is 1. The number of aromatic nitrogens is 2. The number of hydrogen-bond acceptors (Lipinski definition) is 3. The van der Waals surface area contributed by atoms with E-state index in [0.29, 0.717) is 13.0 Å². The SMILES string of the molecule is Cn1ccc(/C=C2\CN(C(c3ccccc3)(c3ccccc3)c3ccccc3)CCC2O)n1. The lowest BCUT2D eigenvalue weighted by molar-refractivity contribution is 0.0871. The second-order valence-corrected chi connectivity index (χ2v) is 8.67. The molecule has 5 rings (SSSR count). The van der Waals surface area contributed by atoms with Crippen LogP contribution in [0.25, 0.3) is 6.08 Å². The van der Waals surface area contributed by atoms with Crippen LogP contribution in [0.5, 0.6) is 0 Å². The van der Waals surface area contributed by atoms with Gasteiger partial charge in [0.25, 0.3) is 0 Å². The van der Waals surface area contributed by atoms with Gasteiger partial charge >= 0.3 is 0 Å². The molecule has 0 aliphatic carbocycles. The molecule has 1 aliphatic rings. The summed E-state index contributed by atoms with van der Waals surface area (Å²) >= 11 is 0. The van der Waals surface area contributed by atoms with Crippen molar-refractivity contribution in [2.24, 2.45) is 7.05 Å². The Kier molecular flexibility index (Phi) is 5.95. The van der Waals surface area contributed by atoms with Crippen molar-refractivity contribution >= 4 is 6.08 Å². The van der Waals surface area contributed by atoms with Crippen LogP contribution in [0, 0.1) is 0 Å². The maximum absolute atomic E-state index is 10.9. The maximum Gasteiger partial charge on any atom is 0.0975 e. The number of piperidine rings is 1. The Bertz CT molecular complexity index is 1120. The van der Waals surface area contributed by atoms with Gasteiger partial charge in [-0.25, -0.2) is 0 Å². The van der Waals surface area contributed by atoms with Gasteiger partial charge in [-0.1, -0.05) is 91.0 Å². The van der Waals surface area contributed by atoms with Crippen molar-refractivity contribution in [1.82, 2.24) is 14.7 Å². The number of rotatable bonds is 5. The van der Waals surface area contributed by atoms with Crippen LogP contribution in [0.15, 0.2) is 109 Å². The molecule has 0 saturated carbocycles. The lowest BCUT2D eigenvalue weighted by Gasteiger charge is -2.48. The summed E-state index contributed by atoms with van der Waals surface area (Å²) in [5, 5.41) is 15.4. The van der Waals surface area contributed by atoms with Crippen LogP contribution in [0.2, 0.25) is 0 Å². The summed E-state index contributed by atoms with van der Waals surface area (Å²) in [7, 11) is 1.91. The lowest BCUT2D eigenvalue weighted by Crippen LogP contribution is -2.52. The average Bonchev–Trinajstić information content (AvgIpc) is 3.28. The van der Waals surface area contributed by atoms with Gasteiger partial charge in [0.1, 0.15) is 0 Å². The standard InChI is InChI=1S/C29H29N3O/c1-31-19-17-27(30-31)21-23-22-32(20-18-28(23)33)29(24-11-5-2-6-12-24,25-13-7-3-8-14-25)26-15-9-4-10-16-26/h2-17,19,21,28,33H,18,20,22H2,1H3/b23-21+. The third-order valence-electron chi connectivity index (χ3n) is 6.59. The third-order valence-corrected chi connectivity index (χ3v) is 6.59. The van der Waals surface area contributed by atoms with E-state index in [9.17, 15) is 5.11 Å². The van der Waals surface area contributed by atoms with E-state index < -0.39 is 11.6 Å². The molecule has 0 radical (unpaired) electrons. The quantitative estimate of drug-likeness (QED) is 0.455. The smallest absolute Gasteiger partial charge is 0.0975 e. The fourth-order valence-electron chi connectivity index (χ4n) is 5.08. The molecule has 0 amide bonds. The van der Waals surface area contributed by atoms with E-state index in [4.69, 9.17) is 0 Å². The zero-order valence-electron chi connectivity index (χ0n) is 18.9. The average molecular weight is 436 g/mol. The van der Waals surface area contributed by atoms with Crippen LogP contribution < -0.4 is 0 Å². The summed E-state index contributed by atoms with van der Waals surface area (Å²) in [4.78, 5) is 2.51. The molecule has 1 aliphatic heterocycles. The predicted molar refractivity (Wildman–Crippen MR) is 133 cm³/mol. The zero-order valence-corrected chi connectivity index (χ0v) is 18.9. The molecule has 1 aromatic heterocycles. The molecule has 166 valence electrons. The summed E-state index contributed by atoms with van der Waals surface area (Å²) in [5.74, 6) is 0. The molecule has 2 heterocycles. The van der Waals surface area contributed by atoms with Crippen LogP contribution in [-0.4, -0.2) is 39.0 Å². The Labute approximate surface area is 195 Å². The highest BCUT2D eigenvalue weighted by Gasteiger charge is 2.44. The molecule has 0 spiro atoms. The summed E-state index contributed by atoms with van der Waals surface area (Å²) in [6, 6.07) is 34.1. The van der Waals surface area contributed by atoms with E-state index in [1.54, 1.807) is 4.68 Å². The lowest BCUT2D eigenvalue weighted by atomic mass is 9.74. The highest BCUT2D eigenvalue weighted by Crippen LogP contribution is 2.44. The van der Waals surface area contributed by atoms with Gasteiger partial charge in [-0.05, 0) is 40.8 Å². The number of benzene rings is 3. The minimum Gasteiger partial charge on any atom is -0.389 e. The van der Waals surface area contributed by atoms with Gasteiger partial charge in [0, 0.05) is 26.3 Å². The van der Waals surface area contributed by atoms with Crippen molar-refractivity contribution in [2.75, 3.05) is 13.1 Å². The summed E-state index contributed by atoms with van der Waals surface area (Å²) in [5.41, 5.74) is 5.04. The van der Waals surface area contributed by atoms with E-state index in [1.807, 2.05) is 25.4 Å². The second-order valence-electron chi connectivity index (χ2n) is 8.67. The first-order valence-electron chi connectivity index (χ1n) is 11.5. The van der Waals surface area contributed by atoms with Gasteiger partial charge in [0.2, 0.25) is 0 Å². The zero-order chi connectivity index (χ0) is 22.7. The van der Waals surface area contributed by atoms with Crippen LogP contribution in [-0.2, 0) is 12.6 Å². The molecule has 1 atom stereocenters. The minimum absolute atomic E-state index is 0.469. The van der Waals surface area contributed by atoms with Gasteiger partial charge in [-0.15, -0.1) is 0 Å². The van der Waals surface area contributed by atoms with E-state index in [1.165, 1.54) is 16.7 Å². The Hall–Kier alpha value is -3.47. The Morgan fingerprint density at radius 3 is 1.79 bits per heavy atom. The Balaban J connectivity index is 1.70. The molecule has 1 fully saturated rings. The first-order chi connectivity index (χ1) is 16.2. The van der Waals surface area contributed by atoms with Crippen LogP contribution in [0.4, 0.5) is 0 Å². The molecule has 0 bridgehead atoms. The number of hydrogen-bond donors (Lipinski definition) is 1. The Morgan fingerprint density at radius 1 is 0.818 bits per heavy atom. The highest BCUT2D eigenvalue weighted by atomic mass is 16.3. The third kappa shape index (κ3) is 4.04. The van der Waals surface area contributed by atoms with E-state index >= 15 is 0 Å². The molecule has 3 aromatic carbocycles. The number of aliphatic hydroxyl groups is 1. The number of nitrogens with zero attached hydrogens (tertiary/aromatic N) is 3. The monoisotopic (exact) mass is 435 g/mol. The van der Waals surface area contributed by atoms with Crippen molar-refractivity contribution in [3.8, 4) is 0 Å². The van der Waals surface area contributed by atoms with Crippen molar-refractivity contribution in [2.45, 2.75) is 18.1 Å². The summed E-state index contributed by atoms with van der Waals surface area (Å²) < 4.78 is 1.79. The molecule has 1 N–H and O–H groups in total. The molecule has 4 nitrogen and oxygen atoms in total. The van der Waals surface area contributed by atoms with Gasteiger partial charge < -0.3 is 5.11 Å². The van der Waals surface area contributed by atoms with Crippen molar-refractivity contribution < 1.29 is 5.11 Å².